The molecule has 14 heavy (non-hydrogen) atoms. The molecule has 70 valence electrons. The number of benzene rings is 2. The molecule has 0 amide bonds. The highest BCUT2D eigenvalue weighted by molar-refractivity contribution is 8.36. The van der Waals surface area contributed by atoms with Crippen LogP contribution in [0.5, 0.6) is 0 Å². The first kappa shape index (κ1) is 8.84. The minimum Gasteiger partial charge on any atom is -0.0610 e. The van der Waals surface area contributed by atoms with E-state index in [9.17, 15) is 0 Å². The first-order valence-corrected chi connectivity index (χ1v) is 9.06. The Morgan fingerprint density at radius 3 is 1.79 bits per heavy atom. The second-order valence-corrected chi connectivity index (χ2v) is 10.4. The zero-order valence-corrected chi connectivity index (χ0v) is 10.1. The largest absolute Gasteiger partial charge is 0.0610 e. The van der Waals surface area contributed by atoms with Crippen LogP contribution < -0.4 is 10.6 Å². The zero-order chi connectivity index (χ0) is 9.71. The lowest BCUT2D eigenvalue weighted by Crippen LogP contribution is -2.00. The molecule has 2 unspecified atom stereocenters. The molecule has 1 heterocycles. The van der Waals surface area contributed by atoms with Gasteiger partial charge in [0.1, 0.15) is 0 Å². The Morgan fingerprint density at radius 2 is 1.29 bits per heavy atom. The molecule has 0 nitrogen and oxygen atoms in total. The second-order valence-electron chi connectivity index (χ2n) is 3.70. The number of hydrogen-bond acceptors (Lipinski definition) is 0. The van der Waals surface area contributed by atoms with Gasteiger partial charge >= 0.3 is 0 Å². The molecular formula is C12H12P2. The average molecular weight is 218 g/mol. The minimum absolute atomic E-state index is 0.0931. The van der Waals surface area contributed by atoms with Crippen LogP contribution in [-0.2, 0) is 0 Å². The molecule has 0 aliphatic carbocycles. The van der Waals surface area contributed by atoms with Crippen LogP contribution in [0.4, 0.5) is 0 Å². The molecule has 1 aliphatic rings. The highest BCUT2D eigenvalue weighted by Crippen LogP contribution is 2.67. The van der Waals surface area contributed by atoms with E-state index in [4.69, 9.17) is 0 Å². The maximum Gasteiger partial charge on any atom is -0.00229 e. The normalized spacial score (nSPS) is 24.4. The molecule has 0 bridgehead atoms. The van der Waals surface area contributed by atoms with Gasteiger partial charge in [-0.2, -0.15) is 0 Å². The van der Waals surface area contributed by atoms with E-state index < -0.39 is 0 Å². The Balaban J connectivity index is 2.49. The predicted molar refractivity (Wildman–Crippen MR) is 68.9 cm³/mol. The zero-order valence-electron chi connectivity index (χ0n) is 8.36. The van der Waals surface area contributed by atoms with E-state index in [-0.39, 0.29) is 15.2 Å². The van der Waals surface area contributed by atoms with Gasteiger partial charge in [-0.05, 0) is 49.9 Å². The van der Waals surface area contributed by atoms with Gasteiger partial charge in [-0.25, -0.2) is 0 Å². The van der Waals surface area contributed by atoms with E-state index in [1.165, 1.54) is 5.39 Å². The van der Waals surface area contributed by atoms with Crippen molar-refractivity contribution in [1.29, 1.82) is 0 Å². The van der Waals surface area contributed by atoms with Gasteiger partial charge in [-0.1, -0.05) is 36.4 Å². The maximum atomic E-state index is 2.43. The molecule has 0 N–H and O–H groups in total. The molecule has 2 aromatic rings. The summed E-state index contributed by atoms with van der Waals surface area (Å²) in [6.45, 7) is 4.85. The lowest BCUT2D eigenvalue weighted by molar-refractivity contribution is 1.82. The molecule has 0 aromatic heterocycles. The van der Waals surface area contributed by atoms with E-state index >= 15 is 0 Å². The van der Waals surface area contributed by atoms with Gasteiger partial charge in [0.25, 0.3) is 0 Å². The first-order valence-electron chi connectivity index (χ1n) is 4.78. The van der Waals surface area contributed by atoms with Crippen molar-refractivity contribution in [3.8, 4) is 0 Å². The smallest absolute Gasteiger partial charge is 0.00229 e. The summed E-state index contributed by atoms with van der Waals surface area (Å²) in [6, 6.07) is 13.5. The fraction of sp³-hybridized carbons (Fsp3) is 0.167. The Labute approximate surface area is 86.7 Å². The quantitative estimate of drug-likeness (QED) is 0.595. The summed E-state index contributed by atoms with van der Waals surface area (Å²) < 4.78 is 0. The summed E-state index contributed by atoms with van der Waals surface area (Å²) >= 11 is 0. The third kappa shape index (κ3) is 1.02. The van der Waals surface area contributed by atoms with Gasteiger partial charge in [-0.15, -0.1) is 0 Å². The lowest BCUT2D eigenvalue weighted by Gasteiger charge is -2.11. The van der Waals surface area contributed by atoms with E-state index in [1.807, 2.05) is 0 Å². The standard InChI is InChI=1S/C12H12P2/c1-13-10-7-3-5-9-6-4-8-11(12(9)10)14(13)2/h3-8H,1-2H3. The van der Waals surface area contributed by atoms with Crippen LogP contribution in [0.3, 0.4) is 0 Å². The van der Waals surface area contributed by atoms with Crippen molar-refractivity contribution in [1.82, 2.24) is 0 Å². The van der Waals surface area contributed by atoms with Crippen LogP contribution in [-0.4, -0.2) is 13.3 Å². The predicted octanol–water partition coefficient (Wildman–Crippen LogP) is 3.24. The summed E-state index contributed by atoms with van der Waals surface area (Å²) in [4.78, 5) is 0. The fourth-order valence-corrected chi connectivity index (χ4v) is 7.59. The van der Waals surface area contributed by atoms with Gasteiger partial charge in [0.15, 0.2) is 0 Å². The Kier molecular flexibility index (Phi) is 1.91. The van der Waals surface area contributed by atoms with Gasteiger partial charge in [0.05, 0.1) is 0 Å². The third-order valence-corrected chi connectivity index (χ3v) is 10.0. The summed E-state index contributed by atoms with van der Waals surface area (Å²) in [5, 5.41) is 6.25. The molecule has 1 aliphatic heterocycles. The SMILES string of the molecule is CP1c2cccc3cccc(c23)P1C. The van der Waals surface area contributed by atoms with Crippen LogP contribution in [0.15, 0.2) is 36.4 Å². The van der Waals surface area contributed by atoms with Crippen LogP contribution in [0.1, 0.15) is 0 Å². The fourth-order valence-electron chi connectivity index (χ4n) is 2.16. The van der Waals surface area contributed by atoms with E-state index in [2.05, 4.69) is 49.7 Å². The van der Waals surface area contributed by atoms with Gasteiger partial charge < -0.3 is 0 Å². The van der Waals surface area contributed by atoms with E-state index in [0.29, 0.717) is 0 Å². The van der Waals surface area contributed by atoms with Gasteiger partial charge in [0, 0.05) is 0 Å². The maximum absolute atomic E-state index is 2.43. The van der Waals surface area contributed by atoms with Crippen LogP contribution >= 0.6 is 15.2 Å². The molecule has 3 rings (SSSR count). The highest BCUT2D eigenvalue weighted by atomic mass is 32.1. The van der Waals surface area contributed by atoms with Crippen molar-refractivity contribution < 1.29 is 0 Å². The van der Waals surface area contributed by atoms with E-state index in [0.717, 1.165) is 0 Å². The van der Waals surface area contributed by atoms with Gasteiger partial charge in [0.2, 0.25) is 0 Å². The third-order valence-electron chi connectivity index (χ3n) is 3.01. The monoisotopic (exact) mass is 218 g/mol. The minimum atomic E-state index is 0.0931. The van der Waals surface area contributed by atoms with Crippen molar-refractivity contribution in [3.63, 3.8) is 0 Å². The molecule has 2 atom stereocenters. The van der Waals surface area contributed by atoms with Crippen LogP contribution in [0, 0.1) is 0 Å². The summed E-state index contributed by atoms with van der Waals surface area (Å²) in [7, 11) is 0.186. The van der Waals surface area contributed by atoms with Crippen molar-refractivity contribution in [3.05, 3.63) is 36.4 Å². The average Bonchev–Trinajstić information content (AvgIpc) is 2.47. The summed E-state index contributed by atoms with van der Waals surface area (Å²) in [5.41, 5.74) is 0. The molecule has 0 spiro atoms. The molecule has 0 fully saturated rings. The van der Waals surface area contributed by atoms with Crippen LogP contribution in [0.25, 0.3) is 10.8 Å². The Bertz CT molecular complexity index is 462. The molecule has 0 radical (unpaired) electrons. The second kappa shape index (κ2) is 3.02. The molecule has 0 saturated heterocycles. The summed E-state index contributed by atoms with van der Waals surface area (Å²) in [5.74, 6) is 0. The number of rotatable bonds is 0. The molecule has 2 heteroatoms. The molecule has 2 aromatic carbocycles. The number of hydrogen-bond donors (Lipinski definition) is 0. The van der Waals surface area contributed by atoms with Crippen molar-refractivity contribution >= 4 is 36.6 Å². The van der Waals surface area contributed by atoms with E-state index in [1.54, 1.807) is 16.0 Å². The molecular weight excluding hydrogens is 206 g/mol. The highest BCUT2D eigenvalue weighted by Gasteiger charge is 2.26. The van der Waals surface area contributed by atoms with Crippen molar-refractivity contribution in [2.24, 2.45) is 0 Å². The van der Waals surface area contributed by atoms with Crippen molar-refractivity contribution in [2.75, 3.05) is 13.3 Å². The van der Waals surface area contributed by atoms with Crippen molar-refractivity contribution in [2.45, 2.75) is 0 Å². The Morgan fingerprint density at radius 1 is 0.786 bits per heavy atom. The lowest BCUT2D eigenvalue weighted by atomic mass is 10.1. The topological polar surface area (TPSA) is 0 Å². The summed E-state index contributed by atoms with van der Waals surface area (Å²) in [6.07, 6.45) is 0. The Hall–Kier alpha value is -0.440. The first-order chi connectivity index (χ1) is 6.79. The van der Waals surface area contributed by atoms with Crippen LogP contribution in [0.2, 0.25) is 0 Å². The van der Waals surface area contributed by atoms with Gasteiger partial charge in [-0.3, -0.25) is 0 Å². The molecule has 0 saturated carbocycles.